The monoisotopic (exact) mass is 240 g/mol. The van der Waals surface area contributed by atoms with E-state index in [-0.39, 0.29) is 6.10 Å². The van der Waals surface area contributed by atoms with E-state index in [4.69, 9.17) is 4.74 Å². The van der Waals surface area contributed by atoms with Gasteiger partial charge in [0.25, 0.3) is 0 Å². The van der Waals surface area contributed by atoms with Crippen LogP contribution >= 0.6 is 0 Å². The van der Waals surface area contributed by atoms with Crippen LogP contribution in [0.2, 0.25) is 0 Å². The topological polar surface area (TPSA) is 22.1 Å². The van der Waals surface area contributed by atoms with Gasteiger partial charge < -0.3 is 4.74 Å². The molecule has 1 fully saturated rings. The second kappa shape index (κ2) is 4.97. The molecule has 3 rings (SSSR count). The number of rotatable bonds is 3. The van der Waals surface area contributed by atoms with Gasteiger partial charge in [0.05, 0.1) is 0 Å². The van der Waals surface area contributed by atoms with E-state index in [1.807, 2.05) is 12.3 Å². The zero-order valence-corrected chi connectivity index (χ0v) is 10.5. The third-order valence-electron chi connectivity index (χ3n) is 3.59. The fourth-order valence-corrected chi connectivity index (χ4v) is 2.67. The van der Waals surface area contributed by atoms with Crippen molar-refractivity contribution < 1.29 is 4.74 Å². The van der Waals surface area contributed by atoms with E-state index < -0.39 is 0 Å². The van der Waals surface area contributed by atoms with Crippen molar-refractivity contribution in [2.75, 3.05) is 0 Å². The Balaban J connectivity index is 1.74. The molecule has 2 unspecified atom stereocenters. The van der Waals surface area contributed by atoms with Crippen LogP contribution in [0.25, 0.3) is 6.08 Å². The van der Waals surface area contributed by atoms with Crippen molar-refractivity contribution in [2.45, 2.75) is 31.8 Å². The first-order valence-electron chi connectivity index (χ1n) is 6.65. The van der Waals surface area contributed by atoms with Crippen LogP contribution in [0.15, 0.2) is 36.2 Å². The normalized spacial score (nSPS) is 25.5. The fraction of sp³-hybridized carbons (Fsp3) is 0.375. The summed E-state index contributed by atoms with van der Waals surface area (Å²) in [7, 11) is 0. The summed E-state index contributed by atoms with van der Waals surface area (Å²) in [6.07, 6.45) is 12.7. The van der Waals surface area contributed by atoms with Gasteiger partial charge in [-0.1, -0.05) is 19.1 Å². The van der Waals surface area contributed by atoms with Crippen LogP contribution in [0.4, 0.5) is 0 Å². The van der Waals surface area contributed by atoms with Gasteiger partial charge in [-0.15, -0.1) is 0 Å². The third-order valence-corrected chi connectivity index (χ3v) is 3.59. The molecule has 2 heterocycles. The number of hydrogen-bond acceptors (Lipinski definition) is 2. The summed E-state index contributed by atoms with van der Waals surface area (Å²) in [5.74, 6) is 1.65. The lowest BCUT2D eigenvalue weighted by atomic mass is 9.90. The molecule has 2 heteroatoms. The smallest absolute Gasteiger partial charge is 0.117 e. The Bertz CT molecular complexity index is 490. The molecule has 0 bridgehead atoms. The lowest BCUT2D eigenvalue weighted by Gasteiger charge is -2.16. The first-order valence-corrected chi connectivity index (χ1v) is 6.65. The molecule has 0 N–H and O–H groups in total. The van der Waals surface area contributed by atoms with Gasteiger partial charge in [-0.05, 0) is 43.0 Å². The van der Waals surface area contributed by atoms with Gasteiger partial charge >= 0.3 is 0 Å². The SMILES string of the molecule is [CH2]CC/C=C/C1CC2Cc3ncccc3C=C2O1. The summed E-state index contributed by atoms with van der Waals surface area (Å²) in [6, 6.07) is 4.09. The highest BCUT2D eigenvalue weighted by Crippen LogP contribution is 2.38. The van der Waals surface area contributed by atoms with Crippen molar-refractivity contribution in [3.63, 3.8) is 0 Å². The first kappa shape index (κ1) is 11.5. The van der Waals surface area contributed by atoms with E-state index in [1.54, 1.807) is 0 Å². The van der Waals surface area contributed by atoms with Crippen LogP contribution in [0.1, 0.15) is 30.5 Å². The van der Waals surface area contributed by atoms with Gasteiger partial charge in [-0.25, -0.2) is 0 Å². The molecule has 0 aromatic carbocycles. The molecule has 1 aliphatic carbocycles. The van der Waals surface area contributed by atoms with E-state index in [1.165, 1.54) is 11.3 Å². The quantitative estimate of drug-likeness (QED) is 0.754. The Labute approximate surface area is 108 Å². The Morgan fingerprint density at radius 2 is 2.44 bits per heavy atom. The number of allylic oxidation sites excluding steroid dienone is 2. The van der Waals surface area contributed by atoms with E-state index >= 15 is 0 Å². The lowest BCUT2D eigenvalue weighted by Crippen LogP contribution is -2.10. The minimum atomic E-state index is 0.238. The predicted octanol–water partition coefficient (Wildman–Crippen LogP) is 3.55. The Morgan fingerprint density at radius 1 is 1.50 bits per heavy atom. The molecule has 0 amide bonds. The molecule has 18 heavy (non-hydrogen) atoms. The van der Waals surface area contributed by atoms with Crippen LogP contribution in [-0.4, -0.2) is 11.1 Å². The Morgan fingerprint density at radius 3 is 3.33 bits per heavy atom. The second-order valence-corrected chi connectivity index (χ2v) is 4.95. The molecule has 0 saturated carbocycles. The maximum absolute atomic E-state index is 5.99. The lowest BCUT2D eigenvalue weighted by molar-refractivity contribution is 0.202. The third kappa shape index (κ3) is 2.20. The maximum Gasteiger partial charge on any atom is 0.117 e. The number of aromatic nitrogens is 1. The molecular weight excluding hydrogens is 222 g/mol. The molecule has 2 aliphatic rings. The standard InChI is InChI=1S/C16H18NO/c1-2-3-4-7-14-9-13-10-15-12(6-5-8-17-15)11-16(13)18-14/h4-8,11,13-14H,1-3,9-10H2/b7-4+. The average molecular weight is 240 g/mol. The number of unbranched alkanes of at least 4 members (excludes halogenated alkanes) is 1. The van der Waals surface area contributed by atoms with Gasteiger partial charge in [0, 0.05) is 24.2 Å². The van der Waals surface area contributed by atoms with Crippen molar-refractivity contribution in [1.82, 2.24) is 4.98 Å². The van der Waals surface area contributed by atoms with Crippen molar-refractivity contribution in [2.24, 2.45) is 5.92 Å². The molecule has 1 saturated heterocycles. The zero-order chi connectivity index (χ0) is 12.4. The van der Waals surface area contributed by atoms with Gasteiger partial charge in [-0.2, -0.15) is 0 Å². The fourth-order valence-electron chi connectivity index (χ4n) is 2.67. The van der Waals surface area contributed by atoms with Gasteiger partial charge in [0.2, 0.25) is 0 Å². The minimum absolute atomic E-state index is 0.238. The summed E-state index contributed by atoms with van der Waals surface area (Å²) in [5, 5.41) is 0. The number of hydrogen-bond donors (Lipinski definition) is 0. The van der Waals surface area contributed by atoms with Gasteiger partial charge in [0.1, 0.15) is 11.9 Å². The number of pyridine rings is 1. The average Bonchev–Trinajstić information content (AvgIpc) is 2.77. The molecule has 1 aromatic heterocycles. The molecule has 1 aliphatic heterocycles. The van der Waals surface area contributed by atoms with Crippen LogP contribution in [0.5, 0.6) is 0 Å². The summed E-state index contributed by atoms with van der Waals surface area (Å²) in [5.41, 5.74) is 2.42. The molecular formula is C16H18NO. The largest absolute Gasteiger partial charge is 0.490 e. The molecule has 93 valence electrons. The number of fused-ring (bicyclic) bond motifs is 2. The van der Waals surface area contributed by atoms with E-state index in [2.05, 4.69) is 36.2 Å². The summed E-state index contributed by atoms with van der Waals surface area (Å²) < 4.78 is 5.99. The highest BCUT2D eigenvalue weighted by Gasteiger charge is 2.32. The van der Waals surface area contributed by atoms with E-state index in [0.717, 1.165) is 31.4 Å². The summed E-state index contributed by atoms with van der Waals surface area (Å²) in [4.78, 5) is 4.45. The van der Waals surface area contributed by atoms with Crippen LogP contribution in [0, 0.1) is 12.8 Å². The zero-order valence-electron chi connectivity index (χ0n) is 10.5. The van der Waals surface area contributed by atoms with Crippen LogP contribution in [-0.2, 0) is 11.2 Å². The molecule has 2 nitrogen and oxygen atoms in total. The van der Waals surface area contributed by atoms with Crippen LogP contribution < -0.4 is 0 Å². The molecule has 1 aromatic rings. The summed E-state index contributed by atoms with van der Waals surface area (Å²) in [6.45, 7) is 3.84. The summed E-state index contributed by atoms with van der Waals surface area (Å²) >= 11 is 0. The van der Waals surface area contributed by atoms with Gasteiger partial charge in [-0.3, -0.25) is 4.98 Å². The highest BCUT2D eigenvalue weighted by atomic mass is 16.5. The molecule has 2 atom stereocenters. The van der Waals surface area contributed by atoms with Crippen molar-refractivity contribution in [3.05, 3.63) is 54.4 Å². The Hall–Kier alpha value is -1.57. The van der Waals surface area contributed by atoms with E-state index in [0.29, 0.717) is 5.92 Å². The molecule has 0 spiro atoms. The highest BCUT2D eigenvalue weighted by molar-refractivity contribution is 5.57. The van der Waals surface area contributed by atoms with Crippen LogP contribution in [0.3, 0.4) is 0 Å². The van der Waals surface area contributed by atoms with Gasteiger partial charge in [0.15, 0.2) is 0 Å². The Kier molecular flexibility index (Phi) is 3.18. The second-order valence-electron chi connectivity index (χ2n) is 4.95. The van der Waals surface area contributed by atoms with Crippen molar-refractivity contribution >= 4 is 6.08 Å². The number of ether oxygens (including phenoxy) is 1. The molecule has 1 radical (unpaired) electrons. The van der Waals surface area contributed by atoms with Crippen molar-refractivity contribution in [1.29, 1.82) is 0 Å². The first-order chi connectivity index (χ1) is 8.86. The number of nitrogens with zero attached hydrogens (tertiary/aromatic N) is 1. The minimum Gasteiger partial charge on any atom is -0.490 e. The van der Waals surface area contributed by atoms with E-state index in [9.17, 15) is 0 Å². The predicted molar refractivity (Wildman–Crippen MR) is 72.6 cm³/mol. The maximum atomic E-state index is 5.99. The van der Waals surface area contributed by atoms with Crippen molar-refractivity contribution in [3.8, 4) is 0 Å².